The van der Waals surface area contributed by atoms with Gasteiger partial charge in [-0.1, -0.05) is 23.8 Å². The maximum atomic E-state index is 12.4. The highest BCUT2D eigenvalue weighted by atomic mass is 16.2. The maximum Gasteiger partial charge on any atom is 0.225 e. The van der Waals surface area contributed by atoms with E-state index < -0.39 is 0 Å². The highest BCUT2D eigenvalue weighted by Gasteiger charge is 2.30. The van der Waals surface area contributed by atoms with E-state index >= 15 is 0 Å². The molecule has 1 aliphatic rings. The standard InChI is InChI=1S/C22H22N4O2/c1-12-4-5-13(2)17(8-12)22-19(11-23-26-22)18-10-21(28)25-20-9-15(24-14(3)27)6-7-16(18)20/h4-9,11,18H,10H2,1-3H3,(H,23,26)(H,24,27)(H,25,28)/t18-/m0/s1. The highest BCUT2D eigenvalue weighted by Crippen LogP contribution is 2.41. The van der Waals surface area contributed by atoms with Crippen LogP contribution < -0.4 is 10.6 Å². The molecule has 0 spiro atoms. The number of anilines is 2. The molecule has 4 rings (SSSR count). The van der Waals surface area contributed by atoms with Crippen molar-refractivity contribution in [3.8, 4) is 11.3 Å². The van der Waals surface area contributed by atoms with Gasteiger partial charge >= 0.3 is 0 Å². The monoisotopic (exact) mass is 374 g/mol. The zero-order valence-corrected chi connectivity index (χ0v) is 16.1. The Bertz CT molecular complexity index is 1080. The van der Waals surface area contributed by atoms with E-state index in [9.17, 15) is 9.59 Å². The van der Waals surface area contributed by atoms with Gasteiger partial charge in [-0.25, -0.2) is 0 Å². The van der Waals surface area contributed by atoms with Gasteiger partial charge in [0.05, 0.1) is 11.9 Å². The number of fused-ring (bicyclic) bond motifs is 1. The molecule has 0 aliphatic carbocycles. The number of aryl methyl sites for hydroxylation is 2. The Morgan fingerprint density at radius 1 is 1.14 bits per heavy atom. The normalized spacial score (nSPS) is 15.7. The van der Waals surface area contributed by atoms with E-state index in [1.165, 1.54) is 12.5 Å². The van der Waals surface area contributed by atoms with Gasteiger partial charge in [0, 0.05) is 41.8 Å². The van der Waals surface area contributed by atoms with Crippen LogP contribution in [0.25, 0.3) is 11.3 Å². The lowest BCUT2D eigenvalue weighted by atomic mass is 9.83. The Labute approximate surface area is 163 Å². The number of carbonyl (C=O) groups is 2. The third-order valence-electron chi connectivity index (χ3n) is 5.12. The summed E-state index contributed by atoms with van der Waals surface area (Å²) in [5, 5.41) is 13.1. The molecule has 2 aromatic carbocycles. The van der Waals surface area contributed by atoms with Gasteiger partial charge in [0.15, 0.2) is 0 Å². The average Bonchev–Trinajstić information content (AvgIpc) is 3.11. The van der Waals surface area contributed by atoms with Crippen molar-refractivity contribution in [2.45, 2.75) is 33.1 Å². The molecule has 0 bridgehead atoms. The number of aromatic nitrogens is 2. The molecule has 3 N–H and O–H groups in total. The van der Waals surface area contributed by atoms with Gasteiger partial charge in [0.2, 0.25) is 11.8 Å². The number of benzene rings is 2. The number of aromatic amines is 1. The van der Waals surface area contributed by atoms with Crippen LogP contribution in [0, 0.1) is 13.8 Å². The molecule has 28 heavy (non-hydrogen) atoms. The second-order valence-electron chi connectivity index (χ2n) is 7.31. The lowest BCUT2D eigenvalue weighted by Crippen LogP contribution is -2.24. The molecule has 1 aromatic heterocycles. The summed E-state index contributed by atoms with van der Waals surface area (Å²) in [4.78, 5) is 23.8. The first-order chi connectivity index (χ1) is 13.4. The first-order valence-corrected chi connectivity index (χ1v) is 9.24. The Morgan fingerprint density at radius 2 is 1.96 bits per heavy atom. The molecule has 142 valence electrons. The quantitative estimate of drug-likeness (QED) is 0.644. The van der Waals surface area contributed by atoms with Crippen molar-refractivity contribution in [2.75, 3.05) is 10.6 Å². The number of amides is 2. The summed E-state index contributed by atoms with van der Waals surface area (Å²) < 4.78 is 0. The Hall–Kier alpha value is -3.41. The molecule has 2 heterocycles. The smallest absolute Gasteiger partial charge is 0.225 e. The molecule has 0 saturated carbocycles. The predicted molar refractivity (Wildman–Crippen MR) is 109 cm³/mol. The van der Waals surface area contributed by atoms with Crippen molar-refractivity contribution in [3.63, 3.8) is 0 Å². The number of carbonyl (C=O) groups excluding carboxylic acids is 2. The second kappa shape index (κ2) is 6.96. The van der Waals surface area contributed by atoms with E-state index in [0.717, 1.165) is 33.6 Å². The molecular formula is C22H22N4O2. The fourth-order valence-electron chi connectivity index (χ4n) is 3.80. The lowest BCUT2D eigenvalue weighted by molar-refractivity contribution is -0.116. The summed E-state index contributed by atoms with van der Waals surface area (Å²) >= 11 is 0. The maximum absolute atomic E-state index is 12.4. The van der Waals surface area contributed by atoms with Gasteiger partial charge in [-0.05, 0) is 43.2 Å². The molecule has 6 nitrogen and oxygen atoms in total. The summed E-state index contributed by atoms with van der Waals surface area (Å²) in [5.74, 6) is -0.306. The fourth-order valence-corrected chi connectivity index (χ4v) is 3.80. The zero-order chi connectivity index (χ0) is 19.8. The van der Waals surface area contributed by atoms with Crippen LogP contribution in [0.5, 0.6) is 0 Å². The van der Waals surface area contributed by atoms with E-state index in [2.05, 4.69) is 52.9 Å². The van der Waals surface area contributed by atoms with E-state index in [1.807, 2.05) is 18.3 Å². The van der Waals surface area contributed by atoms with E-state index in [0.29, 0.717) is 12.1 Å². The number of hydrogen-bond donors (Lipinski definition) is 3. The SMILES string of the molecule is CC(=O)Nc1ccc2c(c1)NC(=O)C[C@@H]2c1cn[nH]c1-c1cc(C)ccc1C. The third-order valence-corrected chi connectivity index (χ3v) is 5.12. The van der Waals surface area contributed by atoms with Gasteiger partial charge in [0.25, 0.3) is 0 Å². The van der Waals surface area contributed by atoms with Gasteiger partial charge < -0.3 is 10.6 Å². The van der Waals surface area contributed by atoms with Crippen LogP contribution in [0.15, 0.2) is 42.6 Å². The van der Waals surface area contributed by atoms with Crippen LogP contribution >= 0.6 is 0 Å². The van der Waals surface area contributed by atoms with Gasteiger partial charge in [-0.15, -0.1) is 0 Å². The average molecular weight is 374 g/mol. The minimum Gasteiger partial charge on any atom is -0.326 e. The van der Waals surface area contributed by atoms with Gasteiger partial charge in [0.1, 0.15) is 0 Å². The Balaban J connectivity index is 1.80. The van der Waals surface area contributed by atoms with Crippen LogP contribution in [0.1, 0.15) is 41.5 Å². The van der Waals surface area contributed by atoms with Crippen molar-refractivity contribution >= 4 is 23.2 Å². The van der Waals surface area contributed by atoms with Crippen molar-refractivity contribution in [3.05, 3.63) is 64.8 Å². The minimum absolute atomic E-state index is 0.0504. The largest absolute Gasteiger partial charge is 0.326 e. The second-order valence-corrected chi connectivity index (χ2v) is 7.31. The lowest BCUT2D eigenvalue weighted by Gasteiger charge is -2.26. The van der Waals surface area contributed by atoms with Crippen LogP contribution in [0.2, 0.25) is 0 Å². The summed E-state index contributed by atoms with van der Waals surface area (Å²) in [6.45, 7) is 5.59. The van der Waals surface area contributed by atoms with E-state index in [-0.39, 0.29) is 17.7 Å². The van der Waals surface area contributed by atoms with E-state index in [1.54, 1.807) is 6.07 Å². The molecule has 0 unspecified atom stereocenters. The minimum atomic E-state index is -0.148. The molecule has 3 aromatic rings. The molecule has 0 fully saturated rings. The topological polar surface area (TPSA) is 86.9 Å². The number of hydrogen-bond acceptors (Lipinski definition) is 3. The van der Waals surface area contributed by atoms with Gasteiger partial charge in [-0.2, -0.15) is 5.10 Å². The molecule has 0 saturated heterocycles. The molecule has 1 atom stereocenters. The van der Waals surface area contributed by atoms with Crippen molar-refractivity contribution < 1.29 is 9.59 Å². The molecule has 6 heteroatoms. The van der Waals surface area contributed by atoms with Crippen LogP contribution in [0.3, 0.4) is 0 Å². The summed E-state index contributed by atoms with van der Waals surface area (Å²) in [7, 11) is 0. The van der Waals surface area contributed by atoms with Crippen LogP contribution in [0.4, 0.5) is 11.4 Å². The van der Waals surface area contributed by atoms with Crippen LogP contribution in [-0.4, -0.2) is 22.0 Å². The zero-order valence-electron chi connectivity index (χ0n) is 16.1. The van der Waals surface area contributed by atoms with Crippen molar-refractivity contribution in [2.24, 2.45) is 0 Å². The van der Waals surface area contributed by atoms with E-state index in [4.69, 9.17) is 0 Å². The number of nitrogens with one attached hydrogen (secondary N) is 3. The first-order valence-electron chi connectivity index (χ1n) is 9.24. The Kier molecular flexibility index (Phi) is 4.47. The number of rotatable bonds is 3. The third kappa shape index (κ3) is 3.29. The molecule has 2 amide bonds. The Morgan fingerprint density at radius 3 is 2.75 bits per heavy atom. The molecular weight excluding hydrogens is 352 g/mol. The van der Waals surface area contributed by atoms with Crippen molar-refractivity contribution in [1.29, 1.82) is 0 Å². The summed E-state index contributed by atoms with van der Waals surface area (Å²) in [5.41, 5.74) is 7.75. The number of H-pyrrole nitrogens is 1. The number of nitrogens with zero attached hydrogens (tertiary/aromatic N) is 1. The highest BCUT2D eigenvalue weighted by molar-refractivity contribution is 5.97. The fraction of sp³-hybridized carbons (Fsp3) is 0.227. The van der Waals surface area contributed by atoms with Gasteiger partial charge in [-0.3, -0.25) is 14.7 Å². The predicted octanol–water partition coefficient (Wildman–Crippen LogP) is 4.13. The summed E-state index contributed by atoms with van der Waals surface area (Å²) in [6, 6.07) is 11.9. The first kappa shape index (κ1) is 18.0. The van der Waals surface area contributed by atoms with Crippen LogP contribution in [-0.2, 0) is 9.59 Å². The molecule has 0 radical (unpaired) electrons. The summed E-state index contributed by atoms with van der Waals surface area (Å²) in [6.07, 6.45) is 2.16. The van der Waals surface area contributed by atoms with Crippen molar-refractivity contribution in [1.82, 2.24) is 10.2 Å². The molecule has 1 aliphatic heterocycles.